The molecule has 2 aromatic carbocycles. The third kappa shape index (κ3) is 7.92. The number of rotatable bonds is 11. The van der Waals surface area contributed by atoms with E-state index in [1.165, 1.54) is 26.3 Å². The van der Waals surface area contributed by atoms with Crippen LogP contribution in [-0.2, 0) is 17.2 Å². The molecule has 0 saturated heterocycles. The van der Waals surface area contributed by atoms with Crippen LogP contribution in [0.5, 0.6) is 5.75 Å². The van der Waals surface area contributed by atoms with Gasteiger partial charge in [0.2, 0.25) is 5.95 Å². The molecule has 1 aromatic heterocycles. The summed E-state index contributed by atoms with van der Waals surface area (Å²) in [6.45, 7) is 0. The summed E-state index contributed by atoms with van der Waals surface area (Å²) in [4.78, 5) is 29.1. The first-order valence-corrected chi connectivity index (χ1v) is 13.8. The molecular weight excluding hydrogens is 590 g/mol. The van der Waals surface area contributed by atoms with Crippen molar-refractivity contribution in [3.05, 3.63) is 63.8 Å². The molecule has 0 bridgehead atoms. The summed E-state index contributed by atoms with van der Waals surface area (Å²) in [5.41, 5.74) is 0.485. The number of carbonyl (C=O) groups excluding carboxylic acids is 1. The molecule has 1 unspecified atom stereocenters. The number of alkyl halides is 3. The molecule has 38 heavy (non-hydrogen) atoms. The van der Waals surface area contributed by atoms with E-state index in [0.29, 0.717) is 34.9 Å². The first-order chi connectivity index (χ1) is 18.0. The van der Waals surface area contributed by atoms with Crippen molar-refractivity contribution in [3.63, 3.8) is 0 Å². The molecule has 204 valence electrons. The number of aromatic nitrogens is 2. The highest BCUT2D eigenvalue weighted by Crippen LogP contribution is 2.37. The zero-order chi connectivity index (χ0) is 27.9. The van der Waals surface area contributed by atoms with Crippen LogP contribution in [0.2, 0.25) is 0 Å². The van der Waals surface area contributed by atoms with E-state index in [2.05, 4.69) is 41.8 Å². The molecule has 3 aromatic rings. The van der Waals surface area contributed by atoms with Gasteiger partial charge in [0.1, 0.15) is 17.1 Å². The van der Waals surface area contributed by atoms with Crippen molar-refractivity contribution in [2.45, 2.75) is 25.4 Å². The average molecular weight is 616 g/mol. The molecule has 9 nitrogen and oxygen atoms in total. The van der Waals surface area contributed by atoms with Gasteiger partial charge >= 0.3 is 6.18 Å². The summed E-state index contributed by atoms with van der Waals surface area (Å²) < 4.78 is 58.1. The predicted octanol–water partition coefficient (Wildman–Crippen LogP) is 5.90. The summed E-state index contributed by atoms with van der Waals surface area (Å²) in [7, 11) is 0.386. The van der Waals surface area contributed by atoms with Crippen molar-refractivity contribution in [2.75, 3.05) is 31.0 Å². The first-order valence-electron chi connectivity index (χ1n) is 11.4. The number of nitrogens with zero attached hydrogens (tertiary/aromatic N) is 2. The van der Waals surface area contributed by atoms with Gasteiger partial charge in [0.25, 0.3) is 5.91 Å². The van der Waals surface area contributed by atoms with Gasteiger partial charge in [-0.3, -0.25) is 9.36 Å². The maximum atomic E-state index is 13.8. The quantitative estimate of drug-likeness (QED) is 0.155. The lowest BCUT2D eigenvalue weighted by Gasteiger charge is -2.17. The van der Waals surface area contributed by atoms with E-state index in [4.69, 9.17) is 9.63 Å². The number of carbonyl (C=O) groups is 1. The third-order valence-electron chi connectivity index (χ3n) is 5.42. The summed E-state index contributed by atoms with van der Waals surface area (Å²) in [6.07, 6.45) is -1.83. The number of hydrogen-bond donors (Lipinski definition) is 4. The van der Waals surface area contributed by atoms with Gasteiger partial charge in [-0.25, -0.2) is 4.98 Å². The van der Waals surface area contributed by atoms with Crippen LogP contribution in [-0.4, -0.2) is 41.1 Å². The number of methoxy groups -OCH3 is 1. The molecule has 0 saturated carbocycles. The standard InChI is InChI=1S/C24H26BrF3N5O4P/c1-29-22(34)16-12-15(25)7-9-18(16)31-21-17(24(26,27)28)13-30-23(33-21)32-19-8-6-14(11-20(19)37-2)5-3-4-10-38(35)36/h6-9,11-13,38H,3-5,10H2,1-2H3,(H,29,34)(H,35,36)(H2,30,31,32,33). The number of nitrogens with one attached hydrogen (secondary N) is 3. The van der Waals surface area contributed by atoms with E-state index in [1.807, 2.05) is 6.07 Å². The second-order valence-corrected chi connectivity index (χ2v) is 10.3. The van der Waals surface area contributed by atoms with Crippen LogP contribution < -0.4 is 20.7 Å². The third-order valence-corrected chi connectivity index (χ3v) is 6.69. The monoisotopic (exact) mass is 615 g/mol. The summed E-state index contributed by atoms with van der Waals surface area (Å²) in [5.74, 6) is -0.740. The van der Waals surface area contributed by atoms with Crippen LogP contribution in [0.4, 0.5) is 36.3 Å². The number of anilines is 4. The number of benzene rings is 2. The highest BCUT2D eigenvalue weighted by Gasteiger charge is 2.35. The molecule has 1 amide bonds. The summed E-state index contributed by atoms with van der Waals surface area (Å²) in [5, 5.41) is 7.97. The van der Waals surface area contributed by atoms with E-state index in [1.54, 1.807) is 18.2 Å². The maximum absolute atomic E-state index is 13.8. The SMILES string of the molecule is CNC(=O)c1cc(Br)ccc1Nc1nc(Nc2ccc(CCCC[PH](=O)O)cc2OC)ncc1C(F)(F)F. The smallest absolute Gasteiger partial charge is 0.421 e. The Morgan fingerprint density at radius 3 is 2.53 bits per heavy atom. The summed E-state index contributed by atoms with van der Waals surface area (Å²) in [6, 6.07) is 9.80. The van der Waals surface area contributed by atoms with Gasteiger partial charge in [-0.2, -0.15) is 18.2 Å². The molecule has 0 fully saturated rings. The lowest BCUT2D eigenvalue weighted by Crippen LogP contribution is -2.20. The van der Waals surface area contributed by atoms with Gasteiger partial charge in [0.05, 0.1) is 24.0 Å². The molecular formula is C24H26BrF3N5O4P. The van der Waals surface area contributed by atoms with Crippen molar-refractivity contribution in [1.82, 2.24) is 15.3 Å². The number of hydrogen-bond acceptors (Lipinski definition) is 7. The molecule has 0 aliphatic heterocycles. The Morgan fingerprint density at radius 1 is 1.13 bits per heavy atom. The number of unbranched alkanes of at least 4 members (excludes halogenated alkanes) is 1. The normalized spacial score (nSPS) is 12.1. The van der Waals surface area contributed by atoms with E-state index in [-0.39, 0.29) is 23.4 Å². The zero-order valence-electron chi connectivity index (χ0n) is 20.4. The fourth-order valence-electron chi connectivity index (χ4n) is 3.54. The Bertz CT molecular complexity index is 1330. The van der Waals surface area contributed by atoms with Gasteiger partial charge < -0.3 is 25.6 Å². The van der Waals surface area contributed by atoms with Crippen molar-refractivity contribution in [2.24, 2.45) is 0 Å². The number of ether oxygens (including phenoxy) is 1. The second kappa shape index (κ2) is 13.1. The molecule has 0 aliphatic carbocycles. The second-order valence-electron chi connectivity index (χ2n) is 8.11. The van der Waals surface area contributed by atoms with Crippen molar-refractivity contribution < 1.29 is 32.2 Å². The molecule has 0 radical (unpaired) electrons. The van der Waals surface area contributed by atoms with Crippen molar-refractivity contribution >= 4 is 53.0 Å². The highest BCUT2D eigenvalue weighted by molar-refractivity contribution is 9.10. The Hall–Kier alpha value is -3.15. The molecule has 4 N–H and O–H groups in total. The van der Waals surface area contributed by atoms with Crippen LogP contribution in [0.25, 0.3) is 0 Å². The van der Waals surface area contributed by atoms with Crippen LogP contribution >= 0.6 is 24.0 Å². The van der Waals surface area contributed by atoms with Crippen LogP contribution in [0.3, 0.4) is 0 Å². The van der Waals surface area contributed by atoms with Crippen LogP contribution in [0.15, 0.2) is 47.1 Å². The minimum atomic E-state index is -4.76. The molecule has 0 aliphatic rings. The molecule has 0 spiro atoms. The minimum Gasteiger partial charge on any atom is -0.495 e. The fourth-order valence-corrected chi connectivity index (χ4v) is 4.45. The van der Waals surface area contributed by atoms with Gasteiger partial charge in [-0.15, -0.1) is 0 Å². The molecule has 1 atom stereocenters. The minimum absolute atomic E-state index is 0.117. The van der Waals surface area contributed by atoms with Gasteiger partial charge in [-0.1, -0.05) is 22.0 Å². The van der Waals surface area contributed by atoms with E-state index in [0.717, 1.165) is 12.0 Å². The highest BCUT2D eigenvalue weighted by atomic mass is 79.9. The maximum Gasteiger partial charge on any atom is 0.421 e. The Balaban J connectivity index is 1.90. The van der Waals surface area contributed by atoms with Crippen molar-refractivity contribution in [1.29, 1.82) is 0 Å². The largest absolute Gasteiger partial charge is 0.495 e. The first kappa shape index (κ1) is 29.4. The zero-order valence-corrected chi connectivity index (χ0v) is 23.0. The fraction of sp³-hybridized carbons (Fsp3) is 0.292. The predicted molar refractivity (Wildman–Crippen MR) is 143 cm³/mol. The number of amides is 1. The van der Waals surface area contributed by atoms with E-state index < -0.39 is 31.5 Å². The van der Waals surface area contributed by atoms with Crippen LogP contribution in [0.1, 0.15) is 34.3 Å². The number of aryl methyl sites for hydroxylation is 1. The summed E-state index contributed by atoms with van der Waals surface area (Å²) >= 11 is 3.26. The Morgan fingerprint density at radius 2 is 1.87 bits per heavy atom. The molecule has 1 heterocycles. The van der Waals surface area contributed by atoms with Gasteiger partial charge in [0.15, 0.2) is 8.03 Å². The molecule has 3 rings (SSSR count). The van der Waals surface area contributed by atoms with E-state index in [9.17, 15) is 22.5 Å². The average Bonchev–Trinajstić information content (AvgIpc) is 2.87. The topological polar surface area (TPSA) is 125 Å². The molecule has 14 heteroatoms. The lowest BCUT2D eigenvalue weighted by molar-refractivity contribution is -0.137. The number of halogens is 4. The van der Waals surface area contributed by atoms with Crippen molar-refractivity contribution in [3.8, 4) is 5.75 Å². The Labute approximate surface area is 226 Å². The van der Waals surface area contributed by atoms with Gasteiger partial charge in [-0.05, 0) is 55.2 Å². The Kier molecular flexibility index (Phi) is 10.1. The lowest BCUT2D eigenvalue weighted by atomic mass is 10.1. The van der Waals surface area contributed by atoms with E-state index >= 15 is 0 Å². The van der Waals surface area contributed by atoms with Gasteiger partial charge in [0, 0.05) is 23.9 Å². The van der Waals surface area contributed by atoms with Crippen LogP contribution in [0, 0.1) is 0 Å².